The Morgan fingerprint density at radius 1 is 1.19 bits per heavy atom. The van der Waals surface area contributed by atoms with Crippen molar-refractivity contribution in [3.63, 3.8) is 0 Å². The molecule has 4 rings (SSSR count). The fourth-order valence-corrected chi connectivity index (χ4v) is 3.70. The van der Waals surface area contributed by atoms with Crippen molar-refractivity contribution in [2.24, 2.45) is 0 Å². The third-order valence-electron chi connectivity index (χ3n) is 5.16. The molecule has 0 bridgehead atoms. The van der Waals surface area contributed by atoms with Crippen molar-refractivity contribution in [2.75, 3.05) is 11.4 Å². The predicted octanol–water partition coefficient (Wildman–Crippen LogP) is 3.00. The molecule has 0 radical (unpaired) electrons. The number of anilines is 1. The summed E-state index contributed by atoms with van der Waals surface area (Å²) in [6, 6.07) is 10.1. The molecule has 3 aromatic rings. The maximum atomic E-state index is 13.0. The van der Waals surface area contributed by atoms with Gasteiger partial charge in [0.1, 0.15) is 0 Å². The Bertz CT molecular complexity index is 1000. The van der Waals surface area contributed by atoms with Gasteiger partial charge < -0.3 is 4.90 Å². The molecule has 134 valence electrons. The first kappa shape index (κ1) is 16.7. The molecule has 3 heterocycles. The number of nitrogens with zero attached hydrogens (tertiary/aromatic N) is 5. The lowest BCUT2D eigenvalue weighted by Crippen LogP contribution is -2.41. The lowest BCUT2D eigenvalue weighted by atomic mass is 9.77. The summed E-state index contributed by atoms with van der Waals surface area (Å²) < 4.78 is 1.70. The molecule has 0 saturated heterocycles. The zero-order valence-electron chi connectivity index (χ0n) is 15.7. The third-order valence-corrected chi connectivity index (χ3v) is 5.16. The molecule has 6 heteroatoms. The normalized spacial score (nSPS) is 15.9. The number of benzene rings is 1. The van der Waals surface area contributed by atoms with Gasteiger partial charge in [0.2, 0.25) is 5.91 Å². The zero-order chi connectivity index (χ0) is 18.5. The van der Waals surface area contributed by atoms with Crippen LogP contribution in [-0.2, 0) is 16.6 Å². The summed E-state index contributed by atoms with van der Waals surface area (Å²) in [5, 5.41) is 4.47. The number of hydrogen-bond acceptors (Lipinski definition) is 4. The topological polar surface area (TPSA) is 63.4 Å². The van der Waals surface area contributed by atoms with Crippen LogP contribution in [0.2, 0.25) is 0 Å². The van der Waals surface area contributed by atoms with E-state index in [0.717, 1.165) is 23.5 Å². The van der Waals surface area contributed by atoms with Crippen molar-refractivity contribution in [1.29, 1.82) is 0 Å². The quantitative estimate of drug-likeness (QED) is 0.713. The van der Waals surface area contributed by atoms with Gasteiger partial charge in [-0.25, -0.2) is 9.50 Å². The van der Waals surface area contributed by atoms with E-state index in [9.17, 15) is 4.79 Å². The first-order chi connectivity index (χ1) is 12.3. The van der Waals surface area contributed by atoms with E-state index >= 15 is 0 Å². The van der Waals surface area contributed by atoms with Crippen molar-refractivity contribution in [1.82, 2.24) is 19.6 Å². The molecule has 0 N–H and O–H groups in total. The fourth-order valence-electron chi connectivity index (χ4n) is 3.70. The van der Waals surface area contributed by atoms with E-state index in [0.29, 0.717) is 18.1 Å². The molecule has 0 unspecified atom stereocenters. The maximum Gasteiger partial charge on any atom is 0.252 e. The Kier molecular flexibility index (Phi) is 3.79. The van der Waals surface area contributed by atoms with E-state index in [4.69, 9.17) is 0 Å². The highest BCUT2D eigenvalue weighted by atomic mass is 16.2. The average molecular weight is 349 g/mol. The van der Waals surface area contributed by atoms with E-state index in [-0.39, 0.29) is 17.7 Å². The monoisotopic (exact) mass is 349 g/mol. The summed E-state index contributed by atoms with van der Waals surface area (Å²) in [6.07, 6.45) is 1.12. The Morgan fingerprint density at radius 3 is 2.77 bits per heavy atom. The molecule has 26 heavy (non-hydrogen) atoms. The summed E-state index contributed by atoms with van der Waals surface area (Å²) in [6.45, 7) is 9.07. The van der Waals surface area contributed by atoms with E-state index in [1.807, 2.05) is 43.0 Å². The van der Waals surface area contributed by atoms with Crippen molar-refractivity contribution in [3.05, 3.63) is 53.1 Å². The van der Waals surface area contributed by atoms with E-state index in [1.165, 1.54) is 5.56 Å². The van der Waals surface area contributed by atoms with Crippen molar-refractivity contribution in [2.45, 2.75) is 46.0 Å². The van der Waals surface area contributed by atoms with Crippen molar-refractivity contribution in [3.8, 4) is 0 Å². The van der Waals surface area contributed by atoms with Gasteiger partial charge in [-0.15, -0.1) is 5.10 Å². The van der Waals surface area contributed by atoms with Gasteiger partial charge in [0, 0.05) is 23.6 Å². The van der Waals surface area contributed by atoms with Crippen molar-refractivity contribution < 1.29 is 4.79 Å². The van der Waals surface area contributed by atoms with Gasteiger partial charge >= 0.3 is 0 Å². The number of aryl methyl sites for hydroxylation is 2. The Hall–Kier alpha value is -2.76. The van der Waals surface area contributed by atoms with Gasteiger partial charge in [-0.2, -0.15) is 4.98 Å². The molecule has 0 spiro atoms. The number of carbonyl (C=O) groups is 1. The zero-order valence-corrected chi connectivity index (χ0v) is 15.7. The molecule has 6 nitrogen and oxygen atoms in total. The van der Waals surface area contributed by atoms with Crippen LogP contribution < -0.4 is 4.90 Å². The number of carbonyl (C=O) groups excluding carboxylic acids is 1. The number of amides is 1. The molecular weight excluding hydrogens is 326 g/mol. The second kappa shape index (κ2) is 5.90. The predicted molar refractivity (Wildman–Crippen MR) is 100 cm³/mol. The van der Waals surface area contributed by atoms with Gasteiger partial charge in [0.15, 0.2) is 5.82 Å². The highest BCUT2D eigenvalue weighted by molar-refractivity contribution is 5.95. The first-order valence-electron chi connectivity index (χ1n) is 8.95. The molecule has 0 aliphatic carbocycles. The molecule has 0 saturated carbocycles. The van der Waals surface area contributed by atoms with Crippen LogP contribution >= 0.6 is 0 Å². The van der Waals surface area contributed by atoms with Gasteiger partial charge in [-0.05, 0) is 43.4 Å². The number of aromatic nitrogens is 4. The van der Waals surface area contributed by atoms with Crippen LogP contribution in [0.3, 0.4) is 0 Å². The summed E-state index contributed by atoms with van der Waals surface area (Å²) >= 11 is 0. The standard InChI is InChI=1S/C20H23N5O/c1-13-11-14(2)25-19(21-13)22-17(23-25)12-18(26)24-10-9-20(3,4)15-7-5-6-8-16(15)24/h5-8,11H,9-10,12H2,1-4H3. The number of para-hydroxylation sites is 1. The molecule has 1 amide bonds. The van der Waals surface area contributed by atoms with Crippen LogP contribution in [0.15, 0.2) is 30.3 Å². The maximum absolute atomic E-state index is 13.0. The minimum absolute atomic E-state index is 0.0261. The minimum Gasteiger partial charge on any atom is -0.312 e. The Labute approximate surface area is 152 Å². The molecule has 0 atom stereocenters. The first-order valence-corrected chi connectivity index (χ1v) is 8.95. The van der Waals surface area contributed by atoms with Crippen LogP contribution in [-0.4, -0.2) is 32.0 Å². The number of fused-ring (bicyclic) bond motifs is 2. The Balaban J connectivity index is 1.64. The second-order valence-electron chi connectivity index (χ2n) is 7.65. The number of rotatable bonds is 2. The van der Waals surface area contributed by atoms with Crippen LogP contribution in [0.5, 0.6) is 0 Å². The van der Waals surface area contributed by atoms with Crippen molar-refractivity contribution >= 4 is 17.4 Å². The molecule has 1 aliphatic rings. The van der Waals surface area contributed by atoms with Crippen LogP contribution in [0.4, 0.5) is 5.69 Å². The summed E-state index contributed by atoms with van der Waals surface area (Å²) in [5.41, 5.74) is 4.15. The van der Waals surface area contributed by atoms with Gasteiger partial charge in [-0.3, -0.25) is 4.79 Å². The third kappa shape index (κ3) is 2.75. The highest BCUT2D eigenvalue weighted by Gasteiger charge is 2.33. The van der Waals surface area contributed by atoms with E-state index in [2.05, 4.69) is 35.0 Å². The summed E-state index contributed by atoms with van der Waals surface area (Å²) in [7, 11) is 0. The van der Waals surface area contributed by atoms with Crippen LogP contribution in [0.1, 0.15) is 43.0 Å². The lowest BCUT2D eigenvalue weighted by molar-refractivity contribution is -0.118. The molecule has 1 aromatic carbocycles. The van der Waals surface area contributed by atoms with Gasteiger partial charge in [0.05, 0.1) is 6.42 Å². The molecule has 1 aliphatic heterocycles. The molecular formula is C20H23N5O. The van der Waals surface area contributed by atoms with Crippen LogP contribution in [0, 0.1) is 13.8 Å². The van der Waals surface area contributed by atoms with Crippen LogP contribution in [0.25, 0.3) is 5.78 Å². The smallest absolute Gasteiger partial charge is 0.252 e. The number of hydrogen-bond donors (Lipinski definition) is 0. The minimum atomic E-state index is 0.0261. The summed E-state index contributed by atoms with van der Waals surface area (Å²) in [4.78, 5) is 23.7. The second-order valence-corrected chi connectivity index (χ2v) is 7.65. The Morgan fingerprint density at radius 2 is 1.96 bits per heavy atom. The molecule has 2 aromatic heterocycles. The highest BCUT2D eigenvalue weighted by Crippen LogP contribution is 2.39. The van der Waals surface area contributed by atoms with Gasteiger partial charge in [0.25, 0.3) is 5.78 Å². The largest absolute Gasteiger partial charge is 0.312 e. The summed E-state index contributed by atoms with van der Waals surface area (Å²) in [5.74, 6) is 1.09. The SMILES string of the molecule is Cc1cc(C)n2nc(CC(=O)N3CCC(C)(C)c4ccccc43)nc2n1. The average Bonchev–Trinajstić information content (AvgIpc) is 2.97. The lowest BCUT2D eigenvalue weighted by Gasteiger charge is -2.39. The fraction of sp³-hybridized carbons (Fsp3) is 0.400. The van der Waals surface area contributed by atoms with Gasteiger partial charge in [-0.1, -0.05) is 32.0 Å². The molecule has 0 fully saturated rings. The van der Waals surface area contributed by atoms with E-state index in [1.54, 1.807) is 4.52 Å². The van der Waals surface area contributed by atoms with E-state index < -0.39 is 0 Å².